The molecule has 0 unspecified atom stereocenters. The van der Waals surface area contributed by atoms with Crippen molar-refractivity contribution in [1.82, 2.24) is 9.62 Å². The predicted octanol–water partition coefficient (Wildman–Crippen LogP) is 3.88. The SMILES string of the molecule is Cc1ccc(CNC(=O)c2ccc(S(=O)(=O)N(C)C3CCCCC3)cc2)cc1. The van der Waals surface area contributed by atoms with Crippen LogP contribution in [0.4, 0.5) is 0 Å². The number of amides is 1. The Bertz CT molecular complexity index is 900. The first-order valence-electron chi connectivity index (χ1n) is 9.80. The molecule has 1 amide bonds. The second-order valence-corrected chi connectivity index (χ2v) is 9.50. The van der Waals surface area contributed by atoms with Crippen molar-refractivity contribution in [3.8, 4) is 0 Å². The first-order chi connectivity index (χ1) is 13.4. The Morgan fingerprint density at radius 1 is 1.00 bits per heavy atom. The first-order valence-corrected chi connectivity index (χ1v) is 11.2. The van der Waals surface area contributed by atoms with Crippen molar-refractivity contribution in [2.24, 2.45) is 0 Å². The average molecular weight is 401 g/mol. The summed E-state index contributed by atoms with van der Waals surface area (Å²) in [5.74, 6) is -0.217. The maximum absolute atomic E-state index is 12.9. The lowest BCUT2D eigenvalue weighted by atomic mass is 9.96. The van der Waals surface area contributed by atoms with Gasteiger partial charge in [-0.15, -0.1) is 0 Å². The number of benzene rings is 2. The van der Waals surface area contributed by atoms with Gasteiger partial charge in [0.25, 0.3) is 5.91 Å². The van der Waals surface area contributed by atoms with Crippen LogP contribution in [0.15, 0.2) is 53.4 Å². The van der Waals surface area contributed by atoms with Crippen LogP contribution in [0.5, 0.6) is 0 Å². The molecule has 0 heterocycles. The predicted molar refractivity (Wildman–Crippen MR) is 111 cm³/mol. The monoisotopic (exact) mass is 400 g/mol. The summed E-state index contributed by atoms with van der Waals surface area (Å²) in [5.41, 5.74) is 2.64. The van der Waals surface area contributed by atoms with E-state index < -0.39 is 10.0 Å². The summed E-state index contributed by atoms with van der Waals surface area (Å²) >= 11 is 0. The molecule has 2 aromatic rings. The Kier molecular flexibility index (Phi) is 6.52. The molecular formula is C22H28N2O3S. The van der Waals surface area contributed by atoms with Crippen molar-refractivity contribution in [1.29, 1.82) is 0 Å². The van der Waals surface area contributed by atoms with E-state index in [0.29, 0.717) is 12.1 Å². The first kappa shape index (κ1) is 20.6. The molecule has 5 nitrogen and oxygen atoms in total. The van der Waals surface area contributed by atoms with E-state index in [4.69, 9.17) is 0 Å². The Hall–Kier alpha value is -2.18. The molecule has 0 radical (unpaired) electrons. The van der Waals surface area contributed by atoms with Crippen LogP contribution in [0, 0.1) is 6.92 Å². The van der Waals surface area contributed by atoms with Crippen LogP contribution in [0.1, 0.15) is 53.6 Å². The van der Waals surface area contributed by atoms with E-state index in [1.165, 1.54) is 28.4 Å². The third-order valence-corrected chi connectivity index (χ3v) is 7.38. The maximum Gasteiger partial charge on any atom is 0.251 e. The lowest BCUT2D eigenvalue weighted by molar-refractivity contribution is 0.0951. The number of rotatable bonds is 6. The molecule has 0 saturated heterocycles. The molecule has 0 bridgehead atoms. The van der Waals surface area contributed by atoms with Crippen LogP contribution >= 0.6 is 0 Å². The van der Waals surface area contributed by atoms with Gasteiger partial charge in [-0.25, -0.2) is 8.42 Å². The summed E-state index contributed by atoms with van der Waals surface area (Å²) in [5, 5.41) is 2.87. The highest BCUT2D eigenvalue weighted by Gasteiger charge is 2.29. The van der Waals surface area contributed by atoms with Crippen molar-refractivity contribution < 1.29 is 13.2 Å². The maximum atomic E-state index is 12.9. The Labute approximate surface area is 167 Å². The average Bonchev–Trinajstić information content (AvgIpc) is 2.73. The zero-order chi connectivity index (χ0) is 20.1. The van der Waals surface area contributed by atoms with Crippen LogP contribution < -0.4 is 5.32 Å². The molecule has 0 aromatic heterocycles. The van der Waals surface area contributed by atoms with Crippen molar-refractivity contribution in [2.75, 3.05) is 7.05 Å². The summed E-state index contributed by atoms with van der Waals surface area (Å²) in [4.78, 5) is 12.6. The molecule has 2 aromatic carbocycles. The van der Waals surface area contributed by atoms with Gasteiger partial charge in [-0.05, 0) is 49.6 Å². The molecule has 1 saturated carbocycles. The number of aryl methyl sites for hydroxylation is 1. The number of hydrogen-bond acceptors (Lipinski definition) is 3. The topological polar surface area (TPSA) is 66.5 Å². The van der Waals surface area contributed by atoms with Gasteiger partial charge in [-0.3, -0.25) is 4.79 Å². The molecule has 1 aliphatic rings. The van der Waals surface area contributed by atoms with Gasteiger partial charge in [0, 0.05) is 25.2 Å². The fourth-order valence-electron chi connectivity index (χ4n) is 3.58. The molecule has 28 heavy (non-hydrogen) atoms. The third-order valence-electron chi connectivity index (χ3n) is 5.46. The third kappa shape index (κ3) is 4.80. The smallest absolute Gasteiger partial charge is 0.251 e. The normalized spacial score (nSPS) is 15.5. The van der Waals surface area contributed by atoms with Gasteiger partial charge >= 0.3 is 0 Å². The molecule has 1 fully saturated rings. The lowest BCUT2D eigenvalue weighted by Crippen LogP contribution is -2.38. The van der Waals surface area contributed by atoms with Gasteiger partial charge in [0.1, 0.15) is 0 Å². The van der Waals surface area contributed by atoms with E-state index in [-0.39, 0.29) is 16.8 Å². The minimum Gasteiger partial charge on any atom is -0.348 e. The Morgan fingerprint density at radius 3 is 2.21 bits per heavy atom. The lowest BCUT2D eigenvalue weighted by Gasteiger charge is -2.30. The van der Waals surface area contributed by atoms with Crippen molar-refractivity contribution in [3.05, 3.63) is 65.2 Å². The van der Waals surface area contributed by atoms with E-state index in [1.807, 2.05) is 31.2 Å². The number of hydrogen-bond donors (Lipinski definition) is 1. The van der Waals surface area contributed by atoms with Gasteiger partial charge in [0.15, 0.2) is 0 Å². The number of nitrogens with zero attached hydrogens (tertiary/aromatic N) is 1. The van der Waals surface area contributed by atoms with Crippen LogP contribution in [-0.2, 0) is 16.6 Å². The minimum absolute atomic E-state index is 0.0660. The molecule has 1 aliphatic carbocycles. The van der Waals surface area contributed by atoms with Gasteiger partial charge in [0.2, 0.25) is 10.0 Å². The van der Waals surface area contributed by atoms with E-state index in [0.717, 1.165) is 31.2 Å². The van der Waals surface area contributed by atoms with E-state index >= 15 is 0 Å². The number of sulfonamides is 1. The number of carbonyl (C=O) groups is 1. The van der Waals surface area contributed by atoms with Crippen LogP contribution in [0.2, 0.25) is 0 Å². The fourth-order valence-corrected chi connectivity index (χ4v) is 4.99. The molecule has 3 rings (SSSR count). The standard InChI is InChI=1S/C22H28N2O3S/c1-17-8-10-18(11-9-17)16-23-22(25)19-12-14-21(15-13-19)28(26,27)24(2)20-6-4-3-5-7-20/h8-15,20H,3-7,16H2,1-2H3,(H,23,25). The molecule has 150 valence electrons. The highest BCUT2D eigenvalue weighted by molar-refractivity contribution is 7.89. The van der Waals surface area contributed by atoms with E-state index in [1.54, 1.807) is 19.2 Å². The van der Waals surface area contributed by atoms with Gasteiger partial charge in [-0.2, -0.15) is 4.31 Å². The Balaban J connectivity index is 1.64. The highest BCUT2D eigenvalue weighted by Crippen LogP contribution is 2.26. The summed E-state index contributed by atoms with van der Waals surface area (Å²) in [6, 6.07) is 14.2. The summed E-state index contributed by atoms with van der Waals surface area (Å²) in [6.07, 6.45) is 5.15. The zero-order valence-corrected chi connectivity index (χ0v) is 17.3. The molecule has 0 aliphatic heterocycles. The van der Waals surface area contributed by atoms with Crippen molar-refractivity contribution >= 4 is 15.9 Å². The number of nitrogens with one attached hydrogen (secondary N) is 1. The molecule has 1 N–H and O–H groups in total. The summed E-state index contributed by atoms with van der Waals surface area (Å²) in [7, 11) is -1.88. The second kappa shape index (κ2) is 8.88. The largest absolute Gasteiger partial charge is 0.348 e. The molecule has 0 spiro atoms. The fraction of sp³-hybridized carbons (Fsp3) is 0.409. The van der Waals surface area contributed by atoms with Crippen LogP contribution in [0.3, 0.4) is 0 Å². The minimum atomic E-state index is -3.54. The van der Waals surface area contributed by atoms with Crippen molar-refractivity contribution in [2.45, 2.75) is 56.5 Å². The molecular weight excluding hydrogens is 372 g/mol. The molecule has 6 heteroatoms. The highest BCUT2D eigenvalue weighted by atomic mass is 32.2. The summed E-state index contributed by atoms with van der Waals surface area (Å²) in [6.45, 7) is 2.45. The molecule has 0 atom stereocenters. The Morgan fingerprint density at radius 2 is 1.61 bits per heavy atom. The van der Waals surface area contributed by atoms with Gasteiger partial charge < -0.3 is 5.32 Å². The van der Waals surface area contributed by atoms with E-state index in [2.05, 4.69) is 5.32 Å². The number of carbonyl (C=O) groups excluding carboxylic acids is 1. The second-order valence-electron chi connectivity index (χ2n) is 7.51. The van der Waals surface area contributed by atoms with Crippen molar-refractivity contribution in [3.63, 3.8) is 0 Å². The van der Waals surface area contributed by atoms with Gasteiger partial charge in [-0.1, -0.05) is 49.1 Å². The van der Waals surface area contributed by atoms with Gasteiger partial charge in [0.05, 0.1) is 4.90 Å². The quantitative estimate of drug-likeness (QED) is 0.800. The van der Waals surface area contributed by atoms with Crippen LogP contribution in [-0.4, -0.2) is 31.7 Å². The summed E-state index contributed by atoms with van der Waals surface area (Å²) < 4.78 is 27.3. The van der Waals surface area contributed by atoms with Crippen LogP contribution in [0.25, 0.3) is 0 Å². The van der Waals surface area contributed by atoms with E-state index in [9.17, 15) is 13.2 Å². The zero-order valence-electron chi connectivity index (χ0n) is 16.5.